The Bertz CT molecular complexity index is 646. The number of nitrogens with zero attached hydrogens (tertiary/aromatic N) is 2. The molecule has 0 amide bonds. The Kier molecular flexibility index (Phi) is 3.76. The average molecular weight is 311 g/mol. The van der Waals surface area contributed by atoms with Crippen LogP contribution in [0.5, 0.6) is 0 Å². The fraction of sp³-hybridized carbons (Fsp3) is 0.231. The molecule has 0 radical (unpaired) electrons. The van der Waals surface area contributed by atoms with Crippen LogP contribution in [0.1, 0.15) is 11.3 Å². The molecule has 7 heteroatoms. The maximum Gasteiger partial charge on any atom is 0.163 e. The first-order valence-electron chi connectivity index (χ1n) is 6.08. The van der Waals surface area contributed by atoms with Crippen molar-refractivity contribution < 1.29 is 4.74 Å². The molecule has 0 saturated carbocycles. The minimum absolute atomic E-state index is 0.462. The molecule has 1 aromatic carbocycles. The van der Waals surface area contributed by atoms with Crippen molar-refractivity contribution in [2.24, 2.45) is 5.84 Å². The largest absolute Gasteiger partial charge is 0.376 e. The highest BCUT2D eigenvalue weighted by molar-refractivity contribution is 6.36. The molecule has 3 N–H and O–H groups in total. The highest BCUT2D eigenvalue weighted by Gasteiger charge is 2.19. The predicted molar refractivity (Wildman–Crippen MR) is 78.7 cm³/mol. The third kappa shape index (κ3) is 2.45. The molecule has 3 rings (SSSR count). The number of halogens is 2. The van der Waals surface area contributed by atoms with Crippen molar-refractivity contribution in [3.8, 4) is 11.4 Å². The Morgan fingerprint density at radius 3 is 2.85 bits per heavy atom. The van der Waals surface area contributed by atoms with Crippen LogP contribution >= 0.6 is 23.2 Å². The van der Waals surface area contributed by atoms with Gasteiger partial charge in [0.1, 0.15) is 5.82 Å². The van der Waals surface area contributed by atoms with Crippen LogP contribution in [0, 0.1) is 0 Å². The summed E-state index contributed by atoms with van der Waals surface area (Å²) in [7, 11) is 0. The van der Waals surface area contributed by atoms with Crippen LogP contribution in [0.25, 0.3) is 11.4 Å². The van der Waals surface area contributed by atoms with Gasteiger partial charge >= 0.3 is 0 Å². The number of hydrazine groups is 1. The van der Waals surface area contributed by atoms with Gasteiger partial charge < -0.3 is 10.2 Å². The first kappa shape index (κ1) is 13.6. The zero-order chi connectivity index (χ0) is 14.1. The third-order valence-corrected chi connectivity index (χ3v) is 3.68. The number of ether oxygens (including phenoxy) is 1. The molecule has 0 fully saturated rings. The normalized spacial score (nSPS) is 13.9. The quantitative estimate of drug-likeness (QED) is 0.659. The molecule has 5 nitrogen and oxygen atoms in total. The van der Waals surface area contributed by atoms with Gasteiger partial charge in [-0.3, -0.25) is 0 Å². The topological polar surface area (TPSA) is 73.1 Å². The van der Waals surface area contributed by atoms with Gasteiger partial charge in [0.15, 0.2) is 5.82 Å². The van der Waals surface area contributed by atoms with Crippen LogP contribution in [-0.4, -0.2) is 16.6 Å². The number of nitrogens with one attached hydrogen (secondary N) is 1. The lowest BCUT2D eigenvalue weighted by atomic mass is 10.1. The van der Waals surface area contributed by atoms with E-state index in [0.717, 1.165) is 23.2 Å². The fourth-order valence-corrected chi connectivity index (χ4v) is 2.64. The van der Waals surface area contributed by atoms with E-state index in [4.69, 9.17) is 33.8 Å². The molecule has 0 saturated heterocycles. The Morgan fingerprint density at radius 1 is 1.25 bits per heavy atom. The lowest BCUT2D eigenvalue weighted by Crippen LogP contribution is -2.19. The average Bonchev–Trinajstić information content (AvgIpc) is 2.46. The second-order valence-electron chi connectivity index (χ2n) is 4.39. The van der Waals surface area contributed by atoms with E-state index < -0.39 is 0 Å². The zero-order valence-corrected chi connectivity index (χ0v) is 12.0. The van der Waals surface area contributed by atoms with E-state index >= 15 is 0 Å². The van der Waals surface area contributed by atoms with Gasteiger partial charge in [0, 0.05) is 22.6 Å². The minimum atomic E-state index is 0.462. The van der Waals surface area contributed by atoms with Crippen molar-refractivity contribution in [1.82, 2.24) is 9.97 Å². The monoisotopic (exact) mass is 310 g/mol. The molecule has 2 aromatic rings. The van der Waals surface area contributed by atoms with Crippen molar-refractivity contribution in [3.05, 3.63) is 39.5 Å². The number of benzene rings is 1. The van der Waals surface area contributed by atoms with Gasteiger partial charge in [-0.2, -0.15) is 0 Å². The van der Waals surface area contributed by atoms with E-state index in [1.165, 1.54) is 0 Å². The number of hydrogen-bond acceptors (Lipinski definition) is 5. The van der Waals surface area contributed by atoms with Crippen LogP contribution in [0.4, 0.5) is 5.82 Å². The number of anilines is 1. The summed E-state index contributed by atoms with van der Waals surface area (Å²) in [6.45, 7) is 1.10. The maximum atomic E-state index is 6.20. The standard InChI is InChI=1S/C13H12Cl2N4O/c14-7-1-2-8(10(15)5-7)12-17-11-3-4-20-6-9(11)13(18-12)19-16/h1-2,5H,3-4,6,16H2,(H,17,18,19). The van der Waals surface area contributed by atoms with Gasteiger partial charge in [-0.1, -0.05) is 23.2 Å². The summed E-state index contributed by atoms with van der Waals surface area (Å²) in [6, 6.07) is 5.22. The molecule has 0 aliphatic carbocycles. The minimum Gasteiger partial charge on any atom is -0.376 e. The van der Waals surface area contributed by atoms with Crippen molar-refractivity contribution >= 4 is 29.0 Å². The van der Waals surface area contributed by atoms with Gasteiger partial charge in [-0.25, -0.2) is 15.8 Å². The Morgan fingerprint density at radius 2 is 2.10 bits per heavy atom. The van der Waals surface area contributed by atoms with Crippen LogP contribution in [-0.2, 0) is 17.8 Å². The molecule has 1 aliphatic rings. The third-order valence-electron chi connectivity index (χ3n) is 3.13. The summed E-state index contributed by atoms with van der Waals surface area (Å²) < 4.78 is 5.40. The first-order chi connectivity index (χ1) is 9.69. The van der Waals surface area contributed by atoms with E-state index in [9.17, 15) is 0 Å². The van der Waals surface area contributed by atoms with Crippen LogP contribution in [0.2, 0.25) is 10.0 Å². The van der Waals surface area contributed by atoms with Crippen LogP contribution in [0.3, 0.4) is 0 Å². The van der Waals surface area contributed by atoms with E-state index in [1.54, 1.807) is 18.2 Å². The molecule has 0 atom stereocenters. The lowest BCUT2D eigenvalue weighted by Gasteiger charge is -2.19. The summed E-state index contributed by atoms with van der Waals surface area (Å²) in [5.74, 6) is 6.63. The van der Waals surface area contributed by atoms with E-state index in [-0.39, 0.29) is 0 Å². The van der Waals surface area contributed by atoms with Gasteiger partial charge in [0.25, 0.3) is 0 Å². The lowest BCUT2D eigenvalue weighted by molar-refractivity contribution is 0.109. The Hall–Kier alpha value is -1.40. The molecule has 0 unspecified atom stereocenters. The van der Waals surface area contributed by atoms with Crippen molar-refractivity contribution in [2.45, 2.75) is 13.0 Å². The summed E-state index contributed by atoms with van der Waals surface area (Å²) in [5, 5.41) is 1.08. The van der Waals surface area contributed by atoms with Gasteiger partial charge in [-0.15, -0.1) is 0 Å². The molecule has 104 valence electrons. The molecule has 1 aliphatic heterocycles. The van der Waals surface area contributed by atoms with E-state index in [2.05, 4.69) is 15.4 Å². The van der Waals surface area contributed by atoms with E-state index in [1.807, 2.05) is 0 Å². The van der Waals surface area contributed by atoms with Crippen LogP contribution in [0.15, 0.2) is 18.2 Å². The van der Waals surface area contributed by atoms with Crippen molar-refractivity contribution in [3.63, 3.8) is 0 Å². The SMILES string of the molecule is NNc1nc(-c2ccc(Cl)cc2Cl)nc2c1COCC2. The number of fused-ring (bicyclic) bond motifs is 1. The van der Waals surface area contributed by atoms with Gasteiger partial charge in [0.05, 0.1) is 23.9 Å². The van der Waals surface area contributed by atoms with Gasteiger partial charge in [-0.05, 0) is 18.2 Å². The number of hydrogen-bond donors (Lipinski definition) is 2. The number of rotatable bonds is 2. The number of nitrogens with two attached hydrogens (primary N) is 1. The van der Waals surface area contributed by atoms with Crippen LogP contribution < -0.4 is 11.3 Å². The van der Waals surface area contributed by atoms with Crippen molar-refractivity contribution in [2.75, 3.05) is 12.0 Å². The molecule has 20 heavy (non-hydrogen) atoms. The van der Waals surface area contributed by atoms with Crippen molar-refractivity contribution in [1.29, 1.82) is 0 Å². The second-order valence-corrected chi connectivity index (χ2v) is 5.24. The first-order valence-corrected chi connectivity index (χ1v) is 6.84. The maximum absolute atomic E-state index is 6.20. The molecule has 0 bridgehead atoms. The summed E-state index contributed by atoms with van der Waals surface area (Å²) in [5.41, 5.74) is 5.15. The molecular weight excluding hydrogens is 299 g/mol. The van der Waals surface area contributed by atoms with E-state index in [0.29, 0.717) is 34.9 Å². The zero-order valence-electron chi connectivity index (χ0n) is 10.5. The fourth-order valence-electron chi connectivity index (χ4n) is 2.14. The number of nitrogen functional groups attached to an aromatic ring is 1. The highest BCUT2D eigenvalue weighted by Crippen LogP contribution is 2.31. The second kappa shape index (κ2) is 5.54. The molecule has 2 heterocycles. The highest BCUT2D eigenvalue weighted by atomic mass is 35.5. The smallest absolute Gasteiger partial charge is 0.163 e. The molecular formula is C13H12Cl2N4O. The summed E-state index contributed by atoms with van der Waals surface area (Å²) >= 11 is 12.1. The predicted octanol–water partition coefficient (Wildman–Crippen LogP) is 2.81. The summed E-state index contributed by atoms with van der Waals surface area (Å²) in [4.78, 5) is 8.98. The number of aromatic nitrogens is 2. The van der Waals surface area contributed by atoms with Gasteiger partial charge in [0.2, 0.25) is 0 Å². The molecule has 1 aromatic heterocycles. The Labute approximate surface area is 126 Å². The summed E-state index contributed by atoms with van der Waals surface area (Å²) in [6.07, 6.45) is 0.727. The Balaban J connectivity index is 2.14. The molecule has 0 spiro atoms.